The van der Waals surface area contributed by atoms with Crippen LogP contribution < -0.4 is 4.74 Å². The highest BCUT2D eigenvalue weighted by atomic mass is 16.5. The average molecular weight is 174 g/mol. The first-order valence-electron chi connectivity index (χ1n) is 4.19. The van der Waals surface area contributed by atoms with Crippen LogP contribution in [-0.4, -0.2) is 12.9 Å². The van der Waals surface area contributed by atoms with E-state index in [2.05, 4.69) is 0 Å². The van der Waals surface area contributed by atoms with Crippen LogP contribution in [0.1, 0.15) is 11.1 Å². The van der Waals surface area contributed by atoms with Gasteiger partial charge in [0.1, 0.15) is 18.6 Å². The fourth-order valence-electron chi connectivity index (χ4n) is 1.36. The Labute approximate surface area is 76.8 Å². The molecule has 0 aliphatic carbocycles. The molecule has 2 rings (SSSR count). The smallest absolute Gasteiger partial charge is 0.149 e. The number of carbonyl (C=O) groups is 1. The lowest BCUT2D eigenvalue weighted by molar-refractivity contribution is -0.105. The molecule has 2 heteroatoms. The molecule has 1 aromatic rings. The first kappa shape index (κ1) is 8.05. The summed E-state index contributed by atoms with van der Waals surface area (Å²) in [6.07, 6.45) is 2.70. The zero-order chi connectivity index (χ0) is 9.26. The second-order valence-corrected chi connectivity index (χ2v) is 3.17. The van der Waals surface area contributed by atoms with Gasteiger partial charge in [-0.15, -0.1) is 0 Å². The highest BCUT2D eigenvalue weighted by Gasteiger charge is 2.09. The largest absolute Gasteiger partial charge is 0.488 e. The molecule has 1 aliphatic rings. The number of fused-ring (bicyclic) bond motifs is 1. The zero-order valence-electron chi connectivity index (χ0n) is 7.41. The number of benzene rings is 1. The maximum atomic E-state index is 10.5. The predicted octanol–water partition coefficient (Wildman–Crippen LogP) is 1.97. The van der Waals surface area contributed by atoms with Crippen molar-refractivity contribution in [3.63, 3.8) is 0 Å². The van der Waals surface area contributed by atoms with Crippen molar-refractivity contribution in [3.05, 3.63) is 34.9 Å². The van der Waals surface area contributed by atoms with Crippen LogP contribution in [-0.2, 0) is 4.79 Å². The summed E-state index contributed by atoms with van der Waals surface area (Å²) in [5, 5.41) is 0. The minimum absolute atomic E-state index is 0.389. The summed E-state index contributed by atoms with van der Waals surface area (Å²) in [5.74, 6) is 0.866. The summed E-state index contributed by atoms with van der Waals surface area (Å²) < 4.78 is 5.41. The second-order valence-electron chi connectivity index (χ2n) is 3.17. The highest BCUT2D eigenvalue weighted by Crippen LogP contribution is 2.26. The molecule has 0 saturated carbocycles. The van der Waals surface area contributed by atoms with E-state index in [-0.39, 0.29) is 0 Å². The molecule has 0 saturated heterocycles. The molecule has 0 N–H and O–H groups in total. The summed E-state index contributed by atoms with van der Waals surface area (Å²) in [5.41, 5.74) is 2.84. The molecule has 0 radical (unpaired) electrons. The van der Waals surface area contributed by atoms with Crippen molar-refractivity contribution >= 4 is 12.4 Å². The standard InChI is InChI=1S/C11H10O2/c1-8-2-3-10-5-9(6-12)7-13-11(10)4-8/h2-6H,7H2,1H3. The number of aldehydes is 1. The van der Waals surface area contributed by atoms with Crippen molar-refractivity contribution in [2.75, 3.05) is 6.61 Å². The molecule has 0 bridgehead atoms. The third-order valence-electron chi connectivity index (χ3n) is 2.06. The van der Waals surface area contributed by atoms with E-state index < -0.39 is 0 Å². The summed E-state index contributed by atoms with van der Waals surface area (Å²) in [6.45, 7) is 2.41. The van der Waals surface area contributed by atoms with Gasteiger partial charge in [-0.2, -0.15) is 0 Å². The Balaban J connectivity index is 2.48. The maximum absolute atomic E-state index is 10.5. The Morgan fingerprint density at radius 3 is 3.08 bits per heavy atom. The number of hydrogen-bond donors (Lipinski definition) is 0. The van der Waals surface area contributed by atoms with Crippen LogP contribution in [0, 0.1) is 6.92 Å². The van der Waals surface area contributed by atoms with Crippen LogP contribution in [0.15, 0.2) is 23.8 Å². The van der Waals surface area contributed by atoms with E-state index in [9.17, 15) is 4.79 Å². The quantitative estimate of drug-likeness (QED) is 0.608. The summed E-state index contributed by atoms with van der Waals surface area (Å²) in [4.78, 5) is 10.5. The van der Waals surface area contributed by atoms with Crippen molar-refractivity contribution in [1.82, 2.24) is 0 Å². The van der Waals surface area contributed by atoms with Gasteiger partial charge in [0.25, 0.3) is 0 Å². The van der Waals surface area contributed by atoms with Crippen molar-refractivity contribution in [1.29, 1.82) is 0 Å². The first-order chi connectivity index (χ1) is 6.29. The molecule has 0 aromatic heterocycles. The van der Waals surface area contributed by atoms with Crippen LogP contribution >= 0.6 is 0 Å². The molecule has 2 nitrogen and oxygen atoms in total. The van der Waals surface area contributed by atoms with Gasteiger partial charge in [0, 0.05) is 11.1 Å². The first-order valence-corrected chi connectivity index (χ1v) is 4.19. The SMILES string of the molecule is Cc1ccc2c(c1)OCC(C=O)=C2. The number of carbonyl (C=O) groups excluding carboxylic acids is 1. The highest BCUT2D eigenvalue weighted by molar-refractivity contribution is 5.84. The van der Waals surface area contributed by atoms with Gasteiger partial charge in [0.15, 0.2) is 0 Å². The van der Waals surface area contributed by atoms with E-state index in [0.29, 0.717) is 12.2 Å². The third kappa shape index (κ3) is 1.47. The van der Waals surface area contributed by atoms with Crippen molar-refractivity contribution < 1.29 is 9.53 Å². The topological polar surface area (TPSA) is 26.3 Å². The summed E-state index contributed by atoms with van der Waals surface area (Å²) in [7, 11) is 0. The predicted molar refractivity (Wildman–Crippen MR) is 50.7 cm³/mol. The maximum Gasteiger partial charge on any atom is 0.149 e. The summed E-state index contributed by atoms with van der Waals surface area (Å²) in [6, 6.07) is 5.95. The van der Waals surface area contributed by atoms with Gasteiger partial charge in [0.2, 0.25) is 0 Å². The molecule has 0 fully saturated rings. The van der Waals surface area contributed by atoms with Crippen molar-refractivity contribution in [2.45, 2.75) is 6.92 Å². The molecule has 0 unspecified atom stereocenters. The van der Waals surface area contributed by atoms with Crippen LogP contribution in [0.5, 0.6) is 5.75 Å². The molecular weight excluding hydrogens is 164 g/mol. The van der Waals surface area contributed by atoms with Crippen LogP contribution in [0.2, 0.25) is 0 Å². The number of aryl methyl sites for hydroxylation is 1. The van der Waals surface area contributed by atoms with Gasteiger partial charge in [-0.05, 0) is 24.6 Å². The Morgan fingerprint density at radius 1 is 1.46 bits per heavy atom. The number of ether oxygens (including phenoxy) is 1. The van der Waals surface area contributed by atoms with Gasteiger partial charge in [-0.25, -0.2) is 0 Å². The minimum Gasteiger partial charge on any atom is -0.488 e. The summed E-state index contributed by atoms with van der Waals surface area (Å²) >= 11 is 0. The zero-order valence-corrected chi connectivity index (χ0v) is 7.41. The van der Waals surface area contributed by atoms with E-state index in [1.807, 2.05) is 31.2 Å². The fraction of sp³-hybridized carbons (Fsp3) is 0.182. The van der Waals surface area contributed by atoms with Crippen LogP contribution in [0.4, 0.5) is 0 Å². The lowest BCUT2D eigenvalue weighted by Crippen LogP contribution is -2.07. The third-order valence-corrected chi connectivity index (χ3v) is 2.06. The normalized spacial score (nSPS) is 14.1. The van der Waals surface area contributed by atoms with Gasteiger partial charge < -0.3 is 4.74 Å². The molecule has 66 valence electrons. The van der Waals surface area contributed by atoms with Gasteiger partial charge in [0.05, 0.1) is 0 Å². The Morgan fingerprint density at radius 2 is 2.31 bits per heavy atom. The molecule has 0 amide bonds. The van der Waals surface area contributed by atoms with E-state index >= 15 is 0 Å². The fourth-order valence-corrected chi connectivity index (χ4v) is 1.36. The van der Waals surface area contributed by atoms with E-state index in [1.165, 1.54) is 5.56 Å². The molecule has 1 aromatic carbocycles. The van der Waals surface area contributed by atoms with Crippen LogP contribution in [0.3, 0.4) is 0 Å². The van der Waals surface area contributed by atoms with Crippen molar-refractivity contribution in [3.8, 4) is 5.75 Å². The van der Waals surface area contributed by atoms with Crippen LogP contribution in [0.25, 0.3) is 6.08 Å². The van der Waals surface area contributed by atoms with Gasteiger partial charge in [-0.1, -0.05) is 12.1 Å². The average Bonchev–Trinajstić information content (AvgIpc) is 2.17. The lowest BCUT2D eigenvalue weighted by Gasteiger charge is -2.15. The molecule has 13 heavy (non-hydrogen) atoms. The minimum atomic E-state index is 0.389. The van der Waals surface area contributed by atoms with E-state index in [0.717, 1.165) is 17.6 Å². The van der Waals surface area contributed by atoms with E-state index in [4.69, 9.17) is 4.74 Å². The van der Waals surface area contributed by atoms with E-state index in [1.54, 1.807) is 0 Å². The van der Waals surface area contributed by atoms with Gasteiger partial charge in [-0.3, -0.25) is 4.79 Å². The Hall–Kier alpha value is -1.57. The molecule has 0 atom stereocenters. The monoisotopic (exact) mass is 174 g/mol. The lowest BCUT2D eigenvalue weighted by atomic mass is 10.1. The molecule has 1 aliphatic heterocycles. The second kappa shape index (κ2) is 3.05. The van der Waals surface area contributed by atoms with Crippen molar-refractivity contribution in [2.24, 2.45) is 0 Å². The molecule has 1 heterocycles. The molecule has 0 spiro atoms. The number of rotatable bonds is 1. The molecular formula is C11H10O2. The van der Waals surface area contributed by atoms with Gasteiger partial charge >= 0.3 is 0 Å². The Bertz CT molecular complexity index is 378. The number of hydrogen-bond acceptors (Lipinski definition) is 2. The Kier molecular flexibility index (Phi) is 1.89.